The van der Waals surface area contributed by atoms with Gasteiger partial charge in [0.15, 0.2) is 18.9 Å². The summed E-state index contributed by atoms with van der Waals surface area (Å²) in [6, 6.07) is -0.995. The molecule has 0 aromatic heterocycles. The number of carbonyl (C=O) groups is 1. The zero-order valence-electron chi connectivity index (χ0n) is 43.6. The zero-order chi connectivity index (χ0) is 53.4. The minimum Gasteiger partial charge on any atom is -0.394 e. The molecule has 0 radical (unpaired) electrons. The molecular weight excluding hydrogens is 951 g/mol. The van der Waals surface area contributed by atoms with E-state index < -0.39 is 124 Å². The molecule has 0 aliphatic carbocycles. The molecule has 0 aromatic rings. The third kappa shape index (κ3) is 23.5. The lowest BCUT2D eigenvalue weighted by Crippen LogP contribution is -2.66. The average Bonchev–Trinajstić information content (AvgIpc) is 3.39. The van der Waals surface area contributed by atoms with Crippen LogP contribution in [-0.2, 0) is 33.2 Å². The molecule has 424 valence electrons. The molecule has 3 saturated heterocycles. The van der Waals surface area contributed by atoms with Gasteiger partial charge in [-0.15, -0.1) is 0 Å². The molecule has 0 bridgehead atoms. The number of hydrogen-bond acceptors (Lipinski definition) is 18. The van der Waals surface area contributed by atoms with Gasteiger partial charge in [0.25, 0.3) is 0 Å². The molecule has 3 aliphatic heterocycles. The Labute approximate surface area is 433 Å². The van der Waals surface area contributed by atoms with Crippen LogP contribution in [0.1, 0.15) is 155 Å². The number of aliphatic hydroxyl groups excluding tert-OH is 11. The first-order chi connectivity index (χ1) is 35.3. The number of nitrogens with one attached hydrogen (secondary N) is 1. The molecular formula is C54H95NO18. The Hall–Kier alpha value is -2.25. The molecule has 0 spiro atoms. The number of rotatable bonds is 38. The molecule has 19 nitrogen and oxygen atoms in total. The maximum Gasteiger partial charge on any atom is 0.220 e. The number of allylic oxidation sites excluding steroid dienone is 7. The summed E-state index contributed by atoms with van der Waals surface area (Å²) < 4.78 is 34.1. The number of unbranched alkanes of at least 4 members (excludes halogenated alkanes) is 16. The first kappa shape index (κ1) is 65.0. The van der Waals surface area contributed by atoms with E-state index in [0.717, 1.165) is 64.2 Å². The predicted molar refractivity (Wildman–Crippen MR) is 272 cm³/mol. The monoisotopic (exact) mass is 1050 g/mol. The van der Waals surface area contributed by atoms with Crippen molar-refractivity contribution in [3.05, 3.63) is 48.6 Å². The van der Waals surface area contributed by atoms with Crippen molar-refractivity contribution >= 4 is 5.91 Å². The van der Waals surface area contributed by atoms with Crippen molar-refractivity contribution in [1.82, 2.24) is 5.32 Å². The lowest BCUT2D eigenvalue weighted by Gasteiger charge is -2.48. The van der Waals surface area contributed by atoms with Crippen molar-refractivity contribution in [2.45, 2.75) is 259 Å². The van der Waals surface area contributed by atoms with E-state index in [1.165, 1.54) is 57.8 Å². The molecule has 17 atom stereocenters. The fraction of sp³-hybridized carbons (Fsp3) is 0.833. The SMILES string of the molecule is CCCCCC/C=C\C/C=C\CCCCCCCC(=O)NC(COC1OC(CO)C(OC2OC(CO)C(OC3OC(CO)C(O)C(O)C3O)C(O)C2O)C(O)C1O)C(O)/C=C/CC/C=C/CCCCCCCC. The summed E-state index contributed by atoms with van der Waals surface area (Å²) in [6.07, 6.45) is 12.5. The normalized spacial score (nSPS) is 32.1. The smallest absolute Gasteiger partial charge is 0.220 e. The highest BCUT2D eigenvalue weighted by molar-refractivity contribution is 5.76. The van der Waals surface area contributed by atoms with Crippen molar-refractivity contribution in [2.24, 2.45) is 0 Å². The summed E-state index contributed by atoms with van der Waals surface area (Å²) in [5.41, 5.74) is 0. The first-order valence-electron chi connectivity index (χ1n) is 27.4. The van der Waals surface area contributed by atoms with Crippen LogP contribution in [-0.4, -0.2) is 193 Å². The molecule has 3 aliphatic rings. The minimum atomic E-state index is -1.98. The molecule has 3 fully saturated rings. The molecule has 17 unspecified atom stereocenters. The fourth-order valence-corrected chi connectivity index (χ4v) is 9.00. The third-order valence-electron chi connectivity index (χ3n) is 13.6. The van der Waals surface area contributed by atoms with Crippen molar-refractivity contribution in [1.29, 1.82) is 0 Å². The molecule has 3 heterocycles. The topological polar surface area (TPSA) is 307 Å². The molecule has 0 saturated carbocycles. The van der Waals surface area contributed by atoms with Crippen molar-refractivity contribution in [3.8, 4) is 0 Å². The Morgan fingerprint density at radius 3 is 1.47 bits per heavy atom. The van der Waals surface area contributed by atoms with Crippen molar-refractivity contribution in [3.63, 3.8) is 0 Å². The highest BCUT2D eigenvalue weighted by Crippen LogP contribution is 2.33. The number of carbonyl (C=O) groups excluding carboxylic acids is 1. The lowest BCUT2D eigenvalue weighted by atomic mass is 9.96. The van der Waals surface area contributed by atoms with Crippen LogP contribution >= 0.6 is 0 Å². The van der Waals surface area contributed by atoms with Gasteiger partial charge in [0.1, 0.15) is 73.2 Å². The number of aliphatic hydroxyl groups is 11. The zero-order valence-corrected chi connectivity index (χ0v) is 43.6. The van der Waals surface area contributed by atoms with E-state index in [4.69, 9.17) is 28.4 Å². The van der Waals surface area contributed by atoms with Gasteiger partial charge in [0.2, 0.25) is 5.91 Å². The summed E-state index contributed by atoms with van der Waals surface area (Å²) >= 11 is 0. The van der Waals surface area contributed by atoms with Gasteiger partial charge in [0, 0.05) is 6.42 Å². The second-order valence-corrected chi connectivity index (χ2v) is 19.7. The maximum atomic E-state index is 13.2. The van der Waals surface area contributed by atoms with E-state index >= 15 is 0 Å². The summed E-state index contributed by atoms with van der Waals surface area (Å²) in [7, 11) is 0. The van der Waals surface area contributed by atoms with E-state index in [2.05, 4.69) is 55.6 Å². The Morgan fingerprint density at radius 1 is 0.493 bits per heavy atom. The second kappa shape index (κ2) is 38.3. The fourth-order valence-electron chi connectivity index (χ4n) is 9.00. The van der Waals surface area contributed by atoms with Crippen LogP contribution < -0.4 is 5.32 Å². The van der Waals surface area contributed by atoms with Gasteiger partial charge < -0.3 is 89.9 Å². The van der Waals surface area contributed by atoms with Crippen LogP contribution in [0.4, 0.5) is 0 Å². The number of ether oxygens (including phenoxy) is 6. The lowest BCUT2D eigenvalue weighted by molar-refractivity contribution is -0.379. The quantitative estimate of drug-likeness (QED) is 0.0312. The molecule has 1 amide bonds. The second-order valence-electron chi connectivity index (χ2n) is 19.7. The highest BCUT2D eigenvalue weighted by Gasteiger charge is 2.53. The standard InChI is InChI=1S/C54H95NO18/c1-3-5-7-9-11-13-15-17-18-19-20-22-24-26-28-30-32-42(60)55-37(38(59)31-29-27-25-23-21-16-14-12-10-8-6-4-2)36-68-52-48(66)45(63)50(40(34-57)70-52)73-54-49(67)46(64)51(41(35-58)71-54)72-53-47(65)44(62)43(61)39(33-56)69-53/h13,15,18-19,21,23,29,31,37-41,43-54,56-59,61-67H,3-12,14,16-17,20,22,24-28,30,32-36H2,1-2H3,(H,55,60)/b15-13-,19-18-,23-21+,31-29+. The van der Waals surface area contributed by atoms with Crippen LogP contribution in [0.25, 0.3) is 0 Å². The van der Waals surface area contributed by atoms with Crippen LogP contribution in [0, 0.1) is 0 Å². The number of hydrogen-bond donors (Lipinski definition) is 12. The van der Waals surface area contributed by atoms with E-state index in [9.17, 15) is 61.0 Å². The summed E-state index contributed by atoms with van der Waals surface area (Å²) in [4.78, 5) is 13.2. The first-order valence-corrected chi connectivity index (χ1v) is 27.4. The maximum absolute atomic E-state index is 13.2. The molecule has 73 heavy (non-hydrogen) atoms. The van der Waals surface area contributed by atoms with Crippen LogP contribution in [0.3, 0.4) is 0 Å². The van der Waals surface area contributed by atoms with Gasteiger partial charge in [-0.1, -0.05) is 133 Å². The molecule has 12 N–H and O–H groups in total. The Morgan fingerprint density at radius 2 is 0.918 bits per heavy atom. The van der Waals surface area contributed by atoms with Gasteiger partial charge in [-0.05, 0) is 64.2 Å². The Kier molecular flexibility index (Phi) is 34.1. The van der Waals surface area contributed by atoms with Crippen molar-refractivity contribution in [2.75, 3.05) is 26.4 Å². The van der Waals surface area contributed by atoms with E-state index in [0.29, 0.717) is 12.8 Å². The average molecular weight is 1050 g/mol. The molecule has 3 rings (SSSR count). The molecule has 0 aromatic carbocycles. The van der Waals surface area contributed by atoms with Gasteiger partial charge in [0.05, 0.1) is 38.6 Å². The molecule has 19 heteroatoms. The van der Waals surface area contributed by atoms with Crippen LogP contribution in [0.2, 0.25) is 0 Å². The number of amides is 1. The summed E-state index contributed by atoms with van der Waals surface area (Å²) in [5, 5.41) is 120. The van der Waals surface area contributed by atoms with E-state index in [-0.39, 0.29) is 18.9 Å². The predicted octanol–water partition coefficient (Wildman–Crippen LogP) is 3.14. The van der Waals surface area contributed by atoms with Gasteiger partial charge in [-0.25, -0.2) is 0 Å². The highest BCUT2D eigenvalue weighted by atomic mass is 16.8. The third-order valence-corrected chi connectivity index (χ3v) is 13.6. The van der Waals surface area contributed by atoms with E-state index in [1.54, 1.807) is 6.08 Å². The van der Waals surface area contributed by atoms with Crippen LogP contribution in [0.15, 0.2) is 48.6 Å². The van der Waals surface area contributed by atoms with Crippen LogP contribution in [0.5, 0.6) is 0 Å². The van der Waals surface area contributed by atoms with Gasteiger partial charge in [-0.2, -0.15) is 0 Å². The summed E-state index contributed by atoms with van der Waals surface area (Å²) in [5.74, 6) is -0.304. The largest absolute Gasteiger partial charge is 0.394 e. The van der Waals surface area contributed by atoms with Gasteiger partial charge in [-0.3, -0.25) is 4.79 Å². The minimum absolute atomic E-state index is 0.218. The Bertz CT molecular complexity index is 1530. The van der Waals surface area contributed by atoms with Gasteiger partial charge >= 0.3 is 0 Å². The Balaban J connectivity index is 1.55. The van der Waals surface area contributed by atoms with Crippen molar-refractivity contribution < 1.29 is 89.4 Å². The summed E-state index contributed by atoms with van der Waals surface area (Å²) in [6.45, 7) is 1.62. The van der Waals surface area contributed by atoms with E-state index in [1.807, 2.05) is 6.08 Å².